The Morgan fingerprint density at radius 2 is 2.16 bits per heavy atom. The summed E-state index contributed by atoms with van der Waals surface area (Å²) in [5.41, 5.74) is 1.16. The lowest BCUT2D eigenvalue weighted by Crippen LogP contribution is -2.13. The molecule has 0 aliphatic heterocycles. The van der Waals surface area contributed by atoms with Gasteiger partial charge in [0.15, 0.2) is 0 Å². The van der Waals surface area contributed by atoms with Crippen LogP contribution in [0.5, 0.6) is 0 Å². The van der Waals surface area contributed by atoms with Crippen LogP contribution in [0.4, 0.5) is 5.69 Å². The average Bonchev–Trinajstić information content (AvgIpc) is 2.94. The predicted octanol–water partition coefficient (Wildman–Crippen LogP) is 2.21. The van der Waals surface area contributed by atoms with E-state index < -0.39 is 5.97 Å². The van der Waals surface area contributed by atoms with Crippen LogP contribution in [0.15, 0.2) is 34.9 Å². The molecule has 1 aromatic carbocycles. The zero-order valence-corrected chi connectivity index (χ0v) is 11.5. The van der Waals surface area contributed by atoms with Crippen molar-refractivity contribution < 1.29 is 14.3 Å². The highest BCUT2D eigenvalue weighted by molar-refractivity contribution is 9.10. The highest BCUT2D eigenvalue weighted by Crippen LogP contribution is 2.22. The summed E-state index contributed by atoms with van der Waals surface area (Å²) in [4.78, 5) is 23.3. The highest BCUT2D eigenvalue weighted by Gasteiger charge is 2.13. The Labute approximate surface area is 117 Å². The molecule has 0 saturated carbocycles. The number of ether oxygens (including phenoxy) is 1. The molecule has 6 nitrogen and oxygen atoms in total. The largest absolute Gasteiger partial charge is 0.465 e. The number of rotatable bonds is 3. The van der Waals surface area contributed by atoms with E-state index in [1.165, 1.54) is 19.4 Å². The van der Waals surface area contributed by atoms with Crippen LogP contribution in [-0.2, 0) is 4.74 Å². The number of hydrogen-bond acceptors (Lipinski definition) is 4. The normalized spacial score (nSPS) is 10.0. The minimum Gasteiger partial charge on any atom is -0.465 e. The van der Waals surface area contributed by atoms with Crippen molar-refractivity contribution >= 4 is 33.5 Å². The molecular formula is C12H10BrN3O3. The van der Waals surface area contributed by atoms with Gasteiger partial charge in [0, 0.05) is 16.4 Å². The van der Waals surface area contributed by atoms with Gasteiger partial charge in [-0.3, -0.25) is 9.89 Å². The summed E-state index contributed by atoms with van der Waals surface area (Å²) in [6.07, 6.45) is 1.48. The molecule has 0 aliphatic carbocycles. The molecule has 2 aromatic rings. The molecule has 19 heavy (non-hydrogen) atoms. The summed E-state index contributed by atoms with van der Waals surface area (Å²) < 4.78 is 5.25. The van der Waals surface area contributed by atoms with Crippen LogP contribution in [0.25, 0.3) is 0 Å². The smallest absolute Gasteiger partial charge is 0.339 e. The molecule has 0 atom stereocenters. The average molecular weight is 324 g/mol. The van der Waals surface area contributed by atoms with Crippen LogP contribution in [0, 0.1) is 0 Å². The SMILES string of the molecule is COC(=O)c1cc(NC(=O)c2ccn[nH]2)ccc1Br. The lowest BCUT2D eigenvalue weighted by Gasteiger charge is -2.07. The topological polar surface area (TPSA) is 84.1 Å². The maximum absolute atomic E-state index is 11.8. The van der Waals surface area contributed by atoms with E-state index in [-0.39, 0.29) is 5.91 Å². The van der Waals surface area contributed by atoms with Crippen LogP contribution in [0.2, 0.25) is 0 Å². The molecule has 1 amide bonds. The molecule has 2 N–H and O–H groups in total. The number of anilines is 1. The van der Waals surface area contributed by atoms with Gasteiger partial charge < -0.3 is 10.1 Å². The van der Waals surface area contributed by atoms with Gasteiger partial charge >= 0.3 is 5.97 Å². The number of methoxy groups -OCH3 is 1. The maximum atomic E-state index is 11.8. The number of amides is 1. The van der Waals surface area contributed by atoms with Gasteiger partial charge in [0.1, 0.15) is 5.69 Å². The van der Waals surface area contributed by atoms with Crippen LogP contribution in [0.3, 0.4) is 0 Å². The van der Waals surface area contributed by atoms with Gasteiger partial charge in [-0.05, 0) is 40.2 Å². The quantitative estimate of drug-likeness (QED) is 0.848. The van der Waals surface area contributed by atoms with E-state index >= 15 is 0 Å². The number of benzene rings is 1. The third-order valence-electron chi connectivity index (χ3n) is 2.37. The fraction of sp³-hybridized carbons (Fsp3) is 0.0833. The Hall–Kier alpha value is -2.15. The summed E-state index contributed by atoms with van der Waals surface area (Å²) in [5.74, 6) is -0.819. The number of H-pyrrole nitrogens is 1. The number of aromatic amines is 1. The Bertz CT molecular complexity index is 611. The van der Waals surface area contributed by atoms with Gasteiger partial charge in [0.2, 0.25) is 0 Å². The summed E-state index contributed by atoms with van der Waals surface area (Å²) in [6, 6.07) is 6.42. The summed E-state index contributed by atoms with van der Waals surface area (Å²) in [6.45, 7) is 0. The van der Waals surface area contributed by atoms with Crippen molar-refractivity contribution in [2.75, 3.05) is 12.4 Å². The number of nitrogens with zero attached hydrogens (tertiary/aromatic N) is 1. The molecule has 0 saturated heterocycles. The van der Waals surface area contributed by atoms with Crippen LogP contribution < -0.4 is 5.32 Å². The molecule has 0 fully saturated rings. The van der Waals surface area contributed by atoms with Gasteiger partial charge in [0.05, 0.1) is 12.7 Å². The second-order valence-electron chi connectivity index (χ2n) is 3.61. The first kappa shape index (κ1) is 13.3. The van der Waals surface area contributed by atoms with Gasteiger partial charge in [-0.15, -0.1) is 0 Å². The van der Waals surface area contributed by atoms with Crippen LogP contribution in [-0.4, -0.2) is 29.2 Å². The Morgan fingerprint density at radius 1 is 1.37 bits per heavy atom. The van der Waals surface area contributed by atoms with E-state index in [0.717, 1.165) is 0 Å². The number of halogens is 1. The Morgan fingerprint density at radius 3 is 2.79 bits per heavy atom. The Balaban J connectivity index is 2.22. The third kappa shape index (κ3) is 3.00. The van der Waals surface area contributed by atoms with Crippen molar-refractivity contribution in [3.63, 3.8) is 0 Å². The molecule has 1 heterocycles. The first-order valence-corrected chi connectivity index (χ1v) is 6.09. The van der Waals surface area contributed by atoms with E-state index in [0.29, 0.717) is 21.4 Å². The van der Waals surface area contributed by atoms with Gasteiger partial charge in [-0.1, -0.05) is 0 Å². The molecule has 0 radical (unpaired) electrons. The van der Waals surface area contributed by atoms with E-state index in [1.54, 1.807) is 18.2 Å². The third-order valence-corrected chi connectivity index (χ3v) is 3.07. The fourth-order valence-corrected chi connectivity index (χ4v) is 1.86. The summed E-state index contributed by atoms with van der Waals surface area (Å²) >= 11 is 3.25. The summed E-state index contributed by atoms with van der Waals surface area (Å²) in [5, 5.41) is 8.90. The minimum absolute atomic E-state index is 0.336. The van der Waals surface area contributed by atoms with Gasteiger partial charge in [-0.2, -0.15) is 5.10 Å². The molecule has 7 heteroatoms. The second kappa shape index (κ2) is 5.66. The lowest BCUT2D eigenvalue weighted by molar-refractivity contribution is 0.0599. The van der Waals surface area contributed by atoms with Crippen LogP contribution >= 0.6 is 15.9 Å². The van der Waals surface area contributed by atoms with E-state index in [2.05, 4.69) is 36.2 Å². The van der Waals surface area contributed by atoms with Gasteiger partial charge in [0.25, 0.3) is 5.91 Å². The van der Waals surface area contributed by atoms with E-state index in [4.69, 9.17) is 0 Å². The highest BCUT2D eigenvalue weighted by atomic mass is 79.9. The molecular weight excluding hydrogens is 314 g/mol. The lowest BCUT2D eigenvalue weighted by atomic mass is 10.2. The number of nitrogens with one attached hydrogen (secondary N) is 2. The number of carbonyl (C=O) groups is 2. The Kier molecular flexibility index (Phi) is 3.96. The zero-order valence-electron chi connectivity index (χ0n) is 9.94. The van der Waals surface area contributed by atoms with Crippen molar-refractivity contribution in [2.24, 2.45) is 0 Å². The molecule has 0 spiro atoms. The summed E-state index contributed by atoms with van der Waals surface area (Å²) in [7, 11) is 1.30. The molecule has 0 unspecified atom stereocenters. The monoisotopic (exact) mass is 323 g/mol. The zero-order chi connectivity index (χ0) is 13.8. The van der Waals surface area contributed by atoms with Crippen molar-refractivity contribution in [1.82, 2.24) is 10.2 Å². The fourth-order valence-electron chi connectivity index (χ4n) is 1.45. The van der Waals surface area contributed by atoms with Crippen molar-refractivity contribution in [1.29, 1.82) is 0 Å². The molecule has 1 aromatic heterocycles. The number of carbonyl (C=O) groups excluding carboxylic acids is 2. The molecule has 2 rings (SSSR count). The number of esters is 1. The first-order chi connectivity index (χ1) is 9.11. The minimum atomic E-state index is -0.482. The number of aromatic nitrogens is 2. The molecule has 0 bridgehead atoms. The van der Waals surface area contributed by atoms with E-state index in [9.17, 15) is 9.59 Å². The van der Waals surface area contributed by atoms with Crippen molar-refractivity contribution in [2.45, 2.75) is 0 Å². The first-order valence-electron chi connectivity index (χ1n) is 5.30. The molecule has 0 aliphatic rings. The standard InChI is InChI=1S/C12H10BrN3O3/c1-19-12(18)8-6-7(2-3-9(8)13)15-11(17)10-4-5-14-16-10/h2-6H,1H3,(H,14,16)(H,15,17). The van der Waals surface area contributed by atoms with Crippen molar-refractivity contribution in [3.05, 3.63) is 46.2 Å². The predicted molar refractivity (Wildman–Crippen MR) is 72.0 cm³/mol. The second-order valence-corrected chi connectivity index (χ2v) is 4.46. The van der Waals surface area contributed by atoms with Gasteiger partial charge in [-0.25, -0.2) is 4.79 Å². The molecule has 98 valence electrons. The maximum Gasteiger partial charge on any atom is 0.339 e. The van der Waals surface area contributed by atoms with Crippen molar-refractivity contribution in [3.8, 4) is 0 Å². The van der Waals surface area contributed by atoms with E-state index in [1.807, 2.05) is 0 Å². The van der Waals surface area contributed by atoms with Crippen LogP contribution in [0.1, 0.15) is 20.8 Å². The number of hydrogen-bond donors (Lipinski definition) is 2.